The predicted octanol–water partition coefficient (Wildman–Crippen LogP) is 6.54. The van der Waals surface area contributed by atoms with E-state index in [-0.39, 0.29) is 11.7 Å². The molecule has 7 heteroatoms. The van der Waals surface area contributed by atoms with Crippen LogP contribution in [0.1, 0.15) is 51.7 Å². The molecule has 1 N–H and O–H groups in total. The molecule has 0 aliphatic carbocycles. The van der Waals surface area contributed by atoms with Gasteiger partial charge in [0.1, 0.15) is 5.60 Å². The lowest BCUT2D eigenvalue weighted by Gasteiger charge is -2.31. The fourth-order valence-electron chi connectivity index (χ4n) is 3.69. The van der Waals surface area contributed by atoms with Crippen LogP contribution in [0.15, 0.2) is 54.1 Å². The number of amides is 1. The standard InChI is InChI=1S/C26H30F3NO3/c1-24(2,3)33-23(31)30-14-6-8-19(17-30)15-18-7-5-9-21(16-18)20-10-12-22(13-11-20)25(4,32)26(27,28)29/h5,7,9-13,15-16,32H,6,8,14,17H2,1-4H3/b19-15+. The summed E-state index contributed by atoms with van der Waals surface area (Å²) in [7, 11) is 0. The van der Waals surface area contributed by atoms with E-state index >= 15 is 0 Å². The van der Waals surface area contributed by atoms with Crippen molar-refractivity contribution in [2.24, 2.45) is 0 Å². The molecule has 1 aliphatic heterocycles. The van der Waals surface area contributed by atoms with Gasteiger partial charge in [-0.3, -0.25) is 0 Å². The fourth-order valence-corrected chi connectivity index (χ4v) is 3.69. The first-order valence-corrected chi connectivity index (χ1v) is 10.9. The Labute approximate surface area is 192 Å². The van der Waals surface area contributed by atoms with Gasteiger partial charge >= 0.3 is 12.3 Å². The van der Waals surface area contributed by atoms with Gasteiger partial charge in [0.05, 0.1) is 0 Å². The number of piperidine rings is 1. The first kappa shape index (κ1) is 24.8. The Bertz CT molecular complexity index is 1020. The summed E-state index contributed by atoms with van der Waals surface area (Å²) in [4.78, 5) is 14.1. The molecule has 1 fully saturated rings. The minimum atomic E-state index is -4.76. The largest absolute Gasteiger partial charge is 0.444 e. The molecule has 33 heavy (non-hydrogen) atoms. The molecule has 0 aromatic heterocycles. The van der Waals surface area contributed by atoms with Crippen molar-refractivity contribution in [3.63, 3.8) is 0 Å². The van der Waals surface area contributed by atoms with Crippen molar-refractivity contribution in [2.75, 3.05) is 13.1 Å². The summed E-state index contributed by atoms with van der Waals surface area (Å²) in [6, 6.07) is 13.4. The van der Waals surface area contributed by atoms with Gasteiger partial charge in [-0.1, -0.05) is 54.1 Å². The minimum Gasteiger partial charge on any atom is -0.444 e. The number of ether oxygens (including phenoxy) is 1. The molecule has 1 heterocycles. The van der Waals surface area contributed by atoms with Gasteiger partial charge < -0.3 is 14.7 Å². The van der Waals surface area contributed by atoms with E-state index in [0.29, 0.717) is 13.1 Å². The van der Waals surface area contributed by atoms with Crippen LogP contribution in [0.25, 0.3) is 17.2 Å². The lowest BCUT2D eigenvalue weighted by atomic mass is 9.93. The molecule has 0 saturated carbocycles. The van der Waals surface area contributed by atoms with Crippen LogP contribution in [-0.4, -0.2) is 41.0 Å². The van der Waals surface area contributed by atoms with Crippen LogP contribution < -0.4 is 0 Å². The monoisotopic (exact) mass is 461 g/mol. The Hall–Kier alpha value is -2.80. The zero-order valence-corrected chi connectivity index (χ0v) is 19.4. The average molecular weight is 462 g/mol. The maximum absolute atomic E-state index is 13.1. The lowest BCUT2D eigenvalue weighted by molar-refractivity contribution is -0.258. The molecule has 1 aliphatic rings. The Kier molecular flexibility index (Phi) is 6.93. The number of rotatable bonds is 3. The Morgan fingerprint density at radius 2 is 1.70 bits per heavy atom. The Morgan fingerprint density at radius 1 is 1.03 bits per heavy atom. The van der Waals surface area contributed by atoms with Gasteiger partial charge in [-0.15, -0.1) is 0 Å². The number of hydrogen-bond acceptors (Lipinski definition) is 3. The van der Waals surface area contributed by atoms with Crippen LogP contribution >= 0.6 is 0 Å². The third-order valence-corrected chi connectivity index (χ3v) is 5.56. The maximum atomic E-state index is 13.1. The lowest BCUT2D eigenvalue weighted by Crippen LogP contribution is -2.40. The second-order valence-electron chi connectivity index (χ2n) is 9.58. The normalized spacial score (nSPS) is 18.2. The van der Waals surface area contributed by atoms with Crippen LogP contribution in [0.2, 0.25) is 0 Å². The van der Waals surface area contributed by atoms with Crippen LogP contribution in [0.3, 0.4) is 0 Å². The first-order chi connectivity index (χ1) is 15.3. The molecular weight excluding hydrogens is 431 g/mol. The van der Waals surface area contributed by atoms with Crippen molar-refractivity contribution in [3.05, 3.63) is 65.2 Å². The van der Waals surface area contributed by atoms with Gasteiger partial charge in [0.15, 0.2) is 5.60 Å². The van der Waals surface area contributed by atoms with Crippen molar-refractivity contribution in [1.29, 1.82) is 0 Å². The van der Waals surface area contributed by atoms with E-state index in [1.807, 2.05) is 51.1 Å². The van der Waals surface area contributed by atoms with Gasteiger partial charge in [-0.2, -0.15) is 13.2 Å². The van der Waals surface area contributed by atoms with Crippen LogP contribution in [0, 0.1) is 0 Å². The summed E-state index contributed by atoms with van der Waals surface area (Å²) in [5, 5.41) is 9.86. The third kappa shape index (κ3) is 6.16. The van der Waals surface area contributed by atoms with Gasteiger partial charge in [0.2, 0.25) is 0 Å². The summed E-state index contributed by atoms with van der Waals surface area (Å²) in [6.07, 6.45) is -1.30. The van der Waals surface area contributed by atoms with Crippen molar-refractivity contribution in [3.8, 4) is 11.1 Å². The molecule has 0 radical (unpaired) electrons. The van der Waals surface area contributed by atoms with Gasteiger partial charge in [-0.05, 0) is 68.9 Å². The minimum absolute atomic E-state index is 0.207. The number of alkyl halides is 3. The molecule has 0 bridgehead atoms. The molecule has 1 atom stereocenters. The van der Waals surface area contributed by atoms with Crippen molar-refractivity contribution in [2.45, 2.75) is 57.9 Å². The van der Waals surface area contributed by atoms with Crippen molar-refractivity contribution < 1.29 is 27.8 Å². The summed E-state index contributed by atoms with van der Waals surface area (Å²) in [5.74, 6) is 0. The quantitative estimate of drug-likeness (QED) is 0.565. The van der Waals surface area contributed by atoms with E-state index in [1.54, 1.807) is 17.0 Å². The van der Waals surface area contributed by atoms with Gasteiger partial charge in [0, 0.05) is 13.1 Å². The summed E-state index contributed by atoms with van der Waals surface area (Å²) < 4.78 is 44.7. The van der Waals surface area contributed by atoms with Crippen LogP contribution in [0.5, 0.6) is 0 Å². The van der Waals surface area contributed by atoms with E-state index in [9.17, 15) is 23.1 Å². The highest BCUT2D eigenvalue weighted by Crippen LogP contribution is 2.39. The number of hydrogen-bond donors (Lipinski definition) is 1. The number of carbonyl (C=O) groups is 1. The fraction of sp³-hybridized carbons (Fsp3) is 0.423. The zero-order valence-electron chi connectivity index (χ0n) is 19.4. The second kappa shape index (κ2) is 9.21. The van der Waals surface area contributed by atoms with Gasteiger partial charge in [0.25, 0.3) is 0 Å². The average Bonchev–Trinajstić information content (AvgIpc) is 2.72. The smallest absolute Gasteiger partial charge is 0.421 e. The molecule has 4 nitrogen and oxygen atoms in total. The zero-order chi connectivity index (χ0) is 24.4. The van der Waals surface area contributed by atoms with E-state index in [2.05, 4.69) is 0 Å². The molecule has 0 spiro atoms. The van der Waals surface area contributed by atoms with Crippen LogP contribution in [-0.2, 0) is 10.3 Å². The predicted molar refractivity (Wildman–Crippen MR) is 123 cm³/mol. The number of aliphatic hydroxyl groups is 1. The molecule has 3 rings (SSSR count). The van der Waals surface area contributed by atoms with E-state index in [4.69, 9.17) is 4.74 Å². The second-order valence-corrected chi connectivity index (χ2v) is 9.58. The summed E-state index contributed by atoms with van der Waals surface area (Å²) in [5.41, 5.74) is -0.00480. The molecule has 1 unspecified atom stereocenters. The molecular formula is C26H30F3NO3. The number of benzene rings is 2. The van der Waals surface area contributed by atoms with Crippen molar-refractivity contribution >= 4 is 12.2 Å². The van der Waals surface area contributed by atoms with E-state index < -0.39 is 17.4 Å². The summed E-state index contributed by atoms with van der Waals surface area (Å²) >= 11 is 0. The number of nitrogens with zero attached hydrogens (tertiary/aromatic N) is 1. The number of carbonyl (C=O) groups excluding carboxylic acids is 1. The third-order valence-electron chi connectivity index (χ3n) is 5.56. The first-order valence-electron chi connectivity index (χ1n) is 10.9. The molecule has 1 saturated heterocycles. The SMILES string of the molecule is CC(C)(C)OC(=O)N1CCC/C(=C\c2cccc(-c3ccc(C(C)(O)C(F)(F)F)cc3)c2)C1. The number of halogens is 3. The van der Waals surface area contributed by atoms with E-state index in [1.165, 1.54) is 12.1 Å². The molecule has 2 aromatic carbocycles. The molecule has 1 amide bonds. The van der Waals surface area contributed by atoms with E-state index in [0.717, 1.165) is 42.0 Å². The van der Waals surface area contributed by atoms with Crippen molar-refractivity contribution in [1.82, 2.24) is 4.90 Å². The van der Waals surface area contributed by atoms with Crippen LogP contribution in [0.4, 0.5) is 18.0 Å². The highest BCUT2D eigenvalue weighted by Gasteiger charge is 2.51. The summed E-state index contributed by atoms with van der Waals surface area (Å²) in [6.45, 7) is 7.43. The topological polar surface area (TPSA) is 49.8 Å². The highest BCUT2D eigenvalue weighted by molar-refractivity contribution is 5.71. The molecule has 178 valence electrons. The highest BCUT2D eigenvalue weighted by atomic mass is 19.4. The maximum Gasteiger partial charge on any atom is 0.421 e. The number of likely N-dealkylation sites (tertiary alicyclic amines) is 1. The Balaban J connectivity index is 1.77. The Morgan fingerprint density at radius 3 is 2.30 bits per heavy atom. The molecule has 2 aromatic rings. The van der Waals surface area contributed by atoms with Gasteiger partial charge in [-0.25, -0.2) is 4.79 Å².